The molecule has 1 N–H and O–H groups in total. The first-order valence-electron chi connectivity index (χ1n) is 10.4. The number of nitrogens with one attached hydrogen (secondary N) is 1. The number of carbonyl (C=O) groups is 2. The van der Waals surface area contributed by atoms with E-state index in [2.05, 4.69) is 12.2 Å². The Morgan fingerprint density at radius 2 is 1.86 bits per heavy atom. The topological polar surface area (TPSA) is 67.9 Å². The maximum Gasteiger partial charge on any atom is 0.260 e. The zero-order valence-corrected chi connectivity index (χ0v) is 17.0. The minimum atomic E-state index is -0.742. The lowest BCUT2D eigenvalue weighted by Crippen LogP contribution is -2.47. The number of anilines is 1. The number of ether oxygens (including phenoxy) is 2. The summed E-state index contributed by atoms with van der Waals surface area (Å²) >= 11 is 0. The van der Waals surface area contributed by atoms with Crippen molar-refractivity contribution in [3.8, 4) is 5.75 Å². The number of amides is 2. The lowest BCUT2D eigenvalue weighted by molar-refractivity contribution is -0.143. The number of hydrogen-bond acceptors (Lipinski definition) is 4. The lowest BCUT2D eigenvalue weighted by Gasteiger charge is -2.37. The number of hydrogen-bond donors (Lipinski definition) is 1. The van der Waals surface area contributed by atoms with Gasteiger partial charge < -0.3 is 19.7 Å². The summed E-state index contributed by atoms with van der Waals surface area (Å²) in [5.74, 6) is 1.05. The fourth-order valence-electron chi connectivity index (χ4n) is 4.25. The van der Waals surface area contributed by atoms with Gasteiger partial charge in [-0.05, 0) is 68.7 Å². The van der Waals surface area contributed by atoms with Gasteiger partial charge in [-0.15, -0.1) is 0 Å². The molecule has 6 nitrogen and oxygen atoms in total. The molecule has 2 fully saturated rings. The molecule has 1 heterocycles. The second-order valence-corrected chi connectivity index (χ2v) is 8.11. The lowest BCUT2D eigenvalue weighted by atomic mass is 9.78. The molecule has 0 aromatic heterocycles. The second kappa shape index (κ2) is 9.41. The van der Waals surface area contributed by atoms with E-state index in [4.69, 9.17) is 9.47 Å². The van der Waals surface area contributed by atoms with Gasteiger partial charge in [0.25, 0.3) is 11.8 Å². The number of piperidine rings is 1. The van der Waals surface area contributed by atoms with Crippen LogP contribution in [-0.4, -0.2) is 49.1 Å². The maximum atomic E-state index is 12.8. The van der Waals surface area contributed by atoms with Crippen molar-refractivity contribution in [3.05, 3.63) is 24.3 Å². The van der Waals surface area contributed by atoms with Gasteiger partial charge >= 0.3 is 0 Å². The van der Waals surface area contributed by atoms with Gasteiger partial charge in [-0.2, -0.15) is 0 Å². The van der Waals surface area contributed by atoms with Crippen molar-refractivity contribution in [2.75, 3.05) is 32.1 Å². The van der Waals surface area contributed by atoms with Crippen molar-refractivity contribution in [1.29, 1.82) is 0 Å². The Morgan fingerprint density at radius 1 is 1.14 bits per heavy atom. The molecule has 1 aliphatic heterocycles. The van der Waals surface area contributed by atoms with Crippen LogP contribution in [0.25, 0.3) is 0 Å². The molecule has 0 bridgehead atoms. The van der Waals surface area contributed by atoms with Gasteiger partial charge in [0.05, 0.1) is 0 Å². The molecule has 1 saturated carbocycles. The first kappa shape index (κ1) is 20.6. The van der Waals surface area contributed by atoms with Gasteiger partial charge in [0.15, 0.2) is 6.61 Å². The standard InChI is InChI=1S/C22H32N2O4/c1-17-7-6-12-22(15-17,27-2)21(26)23-18-8-10-19(11-9-18)28-16-20(25)24-13-4-3-5-14-24/h8-11,17H,3-7,12-16H2,1-2H3,(H,23,26). The van der Waals surface area contributed by atoms with Crippen LogP contribution in [0.3, 0.4) is 0 Å². The van der Waals surface area contributed by atoms with Gasteiger partial charge in [-0.25, -0.2) is 0 Å². The number of nitrogens with zero attached hydrogens (tertiary/aromatic N) is 1. The summed E-state index contributed by atoms with van der Waals surface area (Å²) in [6.07, 6.45) is 6.97. The molecule has 3 rings (SSSR count). The van der Waals surface area contributed by atoms with Gasteiger partial charge in [0, 0.05) is 25.9 Å². The molecule has 1 saturated heterocycles. The molecule has 2 aliphatic rings. The molecule has 6 heteroatoms. The highest BCUT2D eigenvalue weighted by Gasteiger charge is 2.41. The zero-order chi connectivity index (χ0) is 20.0. The highest BCUT2D eigenvalue weighted by molar-refractivity contribution is 5.97. The number of carbonyl (C=O) groups excluding carboxylic acids is 2. The van der Waals surface area contributed by atoms with Crippen molar-refractivity contribution in [3.63, 3.8) is 0 Å². The summed E-state index contributed by atoms with van der Waals surface area (Å²) in [6.45, 7) is 3.87. The van der Waals surface area contributed by atoms with Crippen LogP contribution in [0.2, 0.25) is 0 Å². The Morgan fingerprint density at radius 3 is 2.50 bits per heavy atom. The third-order valence-corrected chi connectivity index (χ3v) is 5.94. The minimum Gasteiger partial charge on any atom is -0.484 e. The summed E-state index contributed by atoms with van der Waals surface area (Å²) in [4.78, 5) is 26.9. The maximum absolute atomic E-state index is 12.8. The molecule has 154 valence electrons. The molecule has 1 aromatic carbocycles. The van der Waals surface area contributed by atoms with Crippen molar-refractivity contribution in [2.45, 2.75) is 57.5 Å². The molecule has 1 aliphatic carbocycles. The molecular formula is C22H32N2O4. The second-order valence-electron chi connectivity index (χ2n) is 8.11. The van der Waals surface area contributed by atoms with E-state index >= 15 is 0 Å². The highest BCUT2D eigenvalue weighted by atomic mass is 16.5. The first-order chi connectivity index (χ1) is 13.5. The Bertz CT molecular complexity index is 670. The third kappa shape index (κ3) is 5.04. The van der Waals surface area contributed by atoms with Crippen molar-refractivity contribution in [2.24, 2.45) is 5.92 Å². The summed E-state index contributed by atoms with van der Waals surface area (Å²) in [5.41, 5.74) is -0.0393. The highest BCUT2D eigenvalue weighted by Crippen LogP contribution is 2.35. The number of methoxy groups -OCH3 is 1. The van der Waals surface area contributed by atoms with Crippen molar-refractivity contribution in [1.82, 2.24) is 4.90 Å². The van der Waals surface area contributed by atoms with E-state index in [0.717, 1.165) is 51.6 Å². The number of benzene rings is 1. The molecular weight excluding hydrogens is 356 g/mol. The molecule has 2 atom stereocenters. The van der Waals surface area contributed by atoms with Crippen LogP contribution in [0.4, 0.5) is 5.69 Å². The predicted molar refractivity (Wildman–Crippen MR) is 108 cm³/mol. The van der Waals surface area contributed by atoms with E-state index < -0.39 is 5.60 Å². The van der Waals surface area contributed by atoms with Crippen LogP contribution < -0.4 is 10.1 Å². The van der Waals surface area contributed by atoms with E-state index in [-0.39, 0.29) is 18.4 Å². The van der Waals surface area contributed by atoms with Gasteiger partial charge in [-0.3, -0.25) is 9.59 Å². The van der Waals surface area contributed by atoms with Crippen LogP contribution in [-0.2, 0) is 14.3 Å². The van der Waals surface area contributed by atoms with Crippen LogP contribution in [0, 0.1) is 5.92 Å². The Balaban J connectivity index is 1.52. The molecule has 0 spiro atoms. The van der Waals surface area contributed by atoms with Gasteiger partial charge in [-0.1, -0.05) is 13.3 Å². The van der Waals surface area contributed by atoms with Crippen molar-refractivity contribution >= 4 is 17.5 Å². The fourth-order valence-corrected chi connectivity index (χ4v) is 4.25. The SMILES string of the molecule is COC1(C(=O)Nc2ccc(OCC(=O)N3CCCCC3)cc2)CCCC(C)C1. The zero-order valence-electron chi connectivity index (χ0n) is 17.0. The monoisotopic (exact) mass is 388 g/mol. The van der Waals surface area contributed by atoms with E-state index in [1.54, 1.807) is 31.4 Å². The number of likely N-dealkylation sites (tertiary alicyclic amines) is 1. The average Bonchev–Trinajstić information content (AvgIpc) is 2.73. The Labute approximate surface area is 167 Å². The average molecular weight is 389 g/mol. The fraction of sp³-hybridized carbons (Fsp3) is 0.636. The largest absolute Gasteiger partial charge is 0.484 e. The summed E-state index contributed by atoms with van der Waals surface area (Å²) in [5, 5.41) is 2.97. The van der Waals surface area contributed by atoms with Gasteiger partial charge in [0.2, 0.25) is 0 Å². The van der Waals surface area contributed by atoms with Crippen LogP contribution in [0.15, 0.2) is 24.3 Å². The molecule has 0 radical (unpaired) electrons. The molecule has 1 aromatic rings. The van der Waals surface area contributed by atoms with E-state index in [1.165, 1.54) is 6.42 Å². The van der Waals surface area contributed by atoms with E-state index in [0.29, 0.717) is 17.4 Å². The van der Waals surface area contributed by atoms with Gasteiger partial charge in [0.1, 0.15) is 11.4 Å². The van der Waals surface area contributed by atoms with E-state index in [1.807, 2.05) is 4.90 Å². The summed E-state index contributed by atoms with van der Waals surface area (Å²) in [6, 6.07) is 7.16. The predicted octanol–water partition coefficient (Wildman–Crippen LogP) is 3.61. The normalized spacial score (nSPS) is 25.2. The van der Waals surface area contributed by atoms with Crippen LogP contribution >= 0.6 is 0 Å². The Kier molecular flexibility index (Phi) is 6.94. The molecule has 2 amide bonds. The first-order valence-corrected chi connectivity index (χ1v) is 10.4. The third-order valence-electron chi connectivity index (χ3n) is 5.94. The summed E-state index contributed by atoms with van der Waals surface area (Å²) < 4.78 is 11.3. The smallest absolute Gasteiger partial charge is 0.260 e. The van der Waals surface area contributed by atoms with Crippen molar-refractivity contribution < 1.29 is 19.1 Å². The quantitative estimate of drug-likeness (QED) is 0.808. The molecule has 2 unspecified atom stereocenters. The van der Waals surface area contributed by atoms with E-state index in [9.17, 15) is 9.59 Å². The Hall–Kier alpha value is -2.08. The van der Waals surface area contributed by atoms with Crippen LogP contribution in [0.1, 0.15) is 51.9 Å². The minimum absolute atomic E-state index is 0.0329. The summed E-state index contributed by atoms with van der Waals surface area (Å²) in [7, 11) is 1.62. The number of rotatable bonds is 6. The van der Waals surface area contributed by atoms with Crippen LogP contribution in [0.5, 0.6) is 5.75 Å². The molecule has 28 heavy (non-hydrogen) atoms.